The van der Waals surface area contributed by atoms with Gasteiger partial charge in [-0.25, -0.2) is 0 Å². The van der Waals surface area contributed by atoms with Crippen LogP contribution in [0.4, 0.5) is 34.1 Å². The molecule has 0 unspecified atom stereocenters. The number of benzene rings is 6. The molecule has 1 aromatic heterocycles. The zero-order valence-electron chi connectivity index (χ0n) is 44.9. The molecule has 0 N–H and O–H groups in total. The molecule has 7 aromatic rings. The van der Waals surface area contributed by atoms with E-state index in [0.717, 1.165) is 36.9 Å². The van der Waals surface area contributed by atoms with E-state index in [1.54, 1.807) is 0 Å². The van der Waals surface area contributed by atoms with Gasteiger partial charge in [0.25, 0.3) is 6.71 Å². The van der Waals surface area contributed by atoms with E-state index in [9.17, 15) is 0 Å². The molecule has 0 radical (unpaired) electrons. The van der Waals surface area contributed by atoms with Crippen LogP contribution in [0.2, 0.25) is 0 Å². The summed E-state index contributed by atoms with van der Waals surface area (Å²) in [7, 11) is 0. The van der Waals surface area contributed by atoms with Gasteiger partial charge in [0.05, 0.1) is 17.0 Å². The van der Waals surface area contributed by atoms with E-state index in [2.05, 4.69) is 211 Å². The van der Waals surface area contributed by atoms with E-state index in [4.69, 9.17) is 4.42 Å². The maximum atomic E-state index is 7.76. The van der Waals surface area contributed by atoms with Crippen LogP contribution in [0.5, 0.6) is 0 Å². The van der Waals surface area contributed by atoms with E-state index < -0.39 is 0 Å². The molecule has 0 saturated carbocycles. The van der Waals surface area contributed by atoms with Gasteiger partial charge in [0.2, 0.25) is 0 Å². The van der Waals surface area contributed by atoms with Gasteiger partial charge in [0, 0.05) is 39.1 Å². The number of anilines is 6. The Morgan fingerprint density at radius 1 is 0.443 bits per heavy atom. The maximum absolute atomic E-state index is 7.76. The lowest BCUT2D eigenvalue weighted by Crippen LogP contribution is -2.61. The second kappa shape index (κ2) is 13.7. The van der Waals surface area contributed by atoms with Crippen molar-refractivity contribution in [2.45, 2.75) is 180 Å². The Balaban J connectivity index is 1.18. The molecule has 0 saturated heterocycles. The first kappa shape index (κ1) is 44.5. The third-order valence-electron chi connectivity index (χ3n) is 19.7. The molecule has 0 amide bonds. The van der Waals surface area contributed by atoms with Crippen molar-refractivity contribution in [3.05, 3.63) is 147 Å². The van der Waals surface area contributed by atoms with Gasteiger partial charge in [-0.15, -0.1) is 0 Å². The van der Waals surface area contributed by atoms with Crippen molar-refractivity contribution in [2.75, 3.05) is 9.80 Å². The summed E-state index contributed by atoms with van der Waals surface area (Å²) in [6, 6.07) is 39.2. The second-order valence-corrected chi connectivity index (χ2v) is 27.4. The van der Waals surface area contributed by atoms with Crippen molar-refractivity contribution < 1.29 is 4.42 Å². The van der Waals surface area contributed by atoms with Crippen LogP contribution < -0.4 is 26.4 Å². The van der Waals surface area contributed by atoms with Crippen LogP contribution >= 0.6 is 0 Å². The average Bonchev–Trinajstić information content (AvgIpc) is 3.79. The smallest absolute Gasteiger partial charge is 0.297 e. The van der Waals surface area contributed by atoms with Crippen molar-refractivity contribution in [2.24, 2.45) is 0 Å². The van der Waals surface area contributed by atoms with Crippen LogP contribution in [0.15, 0.2) is 101 Å². The van der Waals surface area contributed by atoms with Crippen molar-refractivity contribution in [3.8, 4) is 11.1 Å². The molecule has 6 aliphatic rings. The number of nitrogens with zero attached hydrogens (tertiary/aromatic N) is 2. The summed E-state index contributed by atoms with van der Waals surface area (Å²) in [4.78, 5) is 5.37. The van der Waals surface area contributed by atoms with E-state index in [-0.39, 0.29) is 44.6 Å². The predicted octanol–water partition coefficient (Wildman–Crippen LogP) is 16.2. The first-order chi connectivity index (χ1) is 32.8. The van der Waals surface area contributed by atoms with Gasteiger partial charge in [0.1, 0.15) is 5.58 Å². The molecule has 4 heteroatoms. The number of hydrogen-bond acceptors (Lipinski definition) is 3. The summed E-state index contributed by atoms with van der Waals surface area (Å²) in [5.41, 5.74) is 28.0. The Labute approximate surface area is 419 Å². The first-order valence-corrected chi connectivity index (χ1v) is 26.8. The Hall–Kier alpha value is -5.48. The fourth-order valence-electron chi connectivity index (χ4n) is 14.9. The number of hydrogen-bond donors (Lipinski definition) is 0. The van der Waals surface area contributed by atoms with E-state index >= 15 is 0 Å². The molecule has 6 aromatic carbocycles. The first-order valence-electron chi connectivity index (χ1n) is 26.8. The quantitative estimate of drug-likeness (QED) is 0.161. The zero-order valence-corrected chi connectivity index (χ0v) is 44.9. The summed E-state index contributed by atoms with van der Waals surface area (Å²) in [6.45, 7) is 36.6. The Kier molecular flexibility index (Phi) is 8.72. The lowest BCUT2D eigenvalue weighted by atomic mass is 9.35. The molecule has 356 valence electrons. The van der Waals surface area contributed by atoms with Crippen molar-refractivity contribution in [1.82, 2.24) is 0 Å². The molecule has 0 fully saturated rings. The zero-order chi connectivity index (χ0) is 49.2. The van der Waals surface area contributed by atoms with E-state index in [1.165, 1.54) is 124 Å². The number of fused-ring (bicyclic) bond motifs is 12. The fraction of sp³-hybridized carbons (Fsp3) is 0.424. The molecule has 0 spiro atoms. The fourth-order valence-corrected chi connectivity index (χ4v) is 14.9. The van der Waals surface area contributed by atoms with Crippen molar-refractivity contribution >= 4 is 68.4 Å². The number of furan rings is 1. The molecule has 0 atom stereocenters. The lowest BCUT2D eigenvalue weighted by Gasteiger charge is -2.47. The van der Waals surface area contributed by atoms with Crippen LogP contribution in [-0.2, 0) is 37.9 Å². The second-order valence-electron chi connectivity index (χ2n) is 27.4. The SMILES string of the molecule is Cc1cc2c3c(c1)N(c1ccc4c(c1)C(C)(C)CCC4(C)C)c1c(oc4cc5c(cc14)C(C)(C)CCC5(C)C)B3c1cc3c(cc1N2c1cccc2c1-c1ccccc1C2(C)C)C(C)(C)CCC3(C)C. The molecule has 70 heavy (non-hydrogen) atoms. The normalized spacial score (nSPS) is 21.4. The topological polar surface area (TPSA) is 19.6 Å². The van der Waals surface area contributed by atoms with Crippen LogP contribution in [0.3, 0.4) is 0 Å². The van der Waals surface area contributed by atoms with Gasteiger partial charge in [-0.05, 0) is 193 Å². The molecule has 13 rings (SSSR count). The summed E-state index contributed by atoms with van der Waals surface area (Å²) in [5, 5.41) is 1.23. The molecular weight excluding hydrogens is 848 g/mol. The molecule has 3 heterocycles. The van der Waals surface area contributed by atoms with Crippen molar-refractivity contribution in [3.63, 3.8) is 0 Å². The average molecular weight is 921 g/mol. The van der Waals surface area contributed by atoms with Gasteiger partial charge in [-0.2, -0.15) is 0 Å². The highest BCUT2D eigenvalue weighted by molar-refractivity contribution is 7.00. The minimum Gasteiger partial charge on any atom is -0.468 e. The van der Waals surface area contributed by atoms with Crippen LogP contribution in [0.25, 0.3) is 22.1 Å². The highest BCUT2D eigenvalue weighted by atomic mass is 16.3. The van der Waals surface area contributed by atoms with Gasteiger partial charge in [0.15, 0.2) is 0 Å². The number of aryl methyl sites for hydroxylation is 1. The van der Waals surface area contributed by atoms with Gasteiger partial charge in [-0.1, -0.05) is 145 Å². The Morgan fingerprint density at radius 2 is 0.971 bits per heavy atom. The minimum atomic E-state index is -0.131. The van der Waals surface area contributed by atoms with E-state index in [1.807, 2.05) is 0 Å². The monoisotopic (exact) mass is 921 g/mol. The molecule has 2 aliphatic heterocycles. The van der Waals surface area contributed by atoms with Crippen LogP contribution in [0.1, 0.15) is 186 Å². The lowest BCUT2D eigenvalue weighted by molar-refractivity contribution is 0.332. The minimum absolute atomic E-state index is 0.0232. The van der Waals surface area contributed by atoms with E-state index in [0.29, 0.717) is 0 Å². The van der Waals surface area contributed by atoms with Gasteiger partial charge < -0.3 is 14.2 Å². The maximum Gasteiger partial charge on any atom is 0.297 e. The molecule has 0 bridgehead atoms. The third-order valence-corrected chi connectivity index (χ3v) is 19.7. The van der Waals surface area contributed by atoms with Gasteiger partial charge >= 0.3 is 0 Å². The largest absolute Gasteiger partial charge is 0.468 e. The molecule has 3 nitrogen and oxygen atoms in total. The standard InChI is InChI=1S/C66H73BN2O/c1-38-31-53-57-54(32-38)69(51-22-18-21-44-56(51)40-19-16-17-20-42(40)66(44,14)15)52-36-48-47(63(8,9)28-29-64(48,10)11)35-50(52)67(57)59-58(41-34-46-49(37-55(41)70-59)65(12,13)30-27-62(46,6)7)68(53)39-23-24-43-45(33-39)61(4,5)26-25-60(43,2)3/h16-24,31-37H,25-30H2,1-15H3. The van der Waals surface area contributed by atoms with Crippen LogP contribution in [0, 0.1) is 6.92 Å². The predicted molar refractivity (Wildman–Crippen MR) is 298 cm³/mol. The van der Waals surface area contributed by atoms with Crippen molar-refractivity contribution in [1.29, 1.82) is 0 Å². The highest BCUT2D eigenvalue weighted by Crippen LogP contribution is 2.58. The van der Waals surface area contributed by atoms with Crippen LogP contribution in [-0.4, -0.2) is 6.71 Å². The summed E-state index contributed by atoms with van der Waals surface area (Å²) < 4.78 is 7.76. The Morgan fingerprint density at radius 3 is 1.61 bits per heavy atom. The summed E-state index contributed by atoms with van der Waals surface area (Å²) >= 11 is 0. The number of rotatable bonds is 2. The molecular formula is C66H73BN2O. The molecule has 4 aliphatic carbocycles. The summed E-state index contributed by atoms with van der Waals surface area (Å²) in [6.07, 6.45) is 7.00. The summed E-state index contributed by atoms with van der Waals surface area (Å²) in [5.74, 6) is 0. The highest BCUT2D eigenvalue weighted by Gasteiger charge is 2.51. The van der Waals surface area contributed by atoms with Gasteiger partial charge in [-0.3, -0.25) is 0 Å². The third kappa shape index (κ3) is 5.83. The Bertz CT molecular complexity index is 3460.